The summed E-state index contributed by atoms with van der Waals surface area (Å²) in [6.45, 7) is 1.88. The molecule has 0 bridgehead atoms. The van der Waals surface area contributed by atoms with Crippen LogP contribution in [0.1, 0.15) is 46.1 Å². The molecule has 10 nitrogen and oxygen atoms in total. The number of fused-ring (bicyclic) bond motifs is 1. The molecule has 0 aliphatic heterocycles. The fraction of sp³-hybridized carbons (Fsp3) is 0.185. The number of methoxy groups -OCH3 is 1. The number of thiazole rings is 1. The van der Waals surface area contributed by atoms with E-state index < -0.39 is 0 Å². The number of nitriles is 1. The van der Waals surface area contributed by atoms with Crippen LogP contribution < -0.4 is 10.1 Å². The Labute approximate surface area is 221 Å². The van der Waals surface area contributed by atoms with Gasteiger partial charge in [-0.05, 0) is 44.0 Å². The molecule has 11 heteroatoms. The maximum Gasteiger partial charge on any atom is 0.259 e. The van der Waals surface area contributed by atoms with Crippen molar-refractivity contribution in [2.75, 3.05) is 12.4 Å². The van der Waals surface area contributed by atoms with Crippen molar-refractivity contribution in [3.8, 4) is 34.3 Å². The van der Waals surface area contributed by atoms with E-state index in [-0.39, 0.29) is 5.91 Å². The van der Waals surface area contributed by atoms with Crippen LogP contribution >= 0.6 is 11.3 Å². The summed E-state index contributed by atoms with van der Waals surface area (Å²) in [4.78, 5) is 40.6. The summed E-state index contributed by atoms with van der Waals surface area (Å²) < 4.78 is 5.59. The molecule has 1 aliphatic carbocycles. The van der Waals surface area contributed by atoms with Crippen molar-refractivity contribution in [3.05, 3.63) is 71.6 Å². The first kappa shape index (κ1) is 23.6. The summed E-state index contributed by atoms with van der Waals surface area (Å²) in [7, 11) is 1.59. The molecule has 186 valence electrons. The topological polar surface area (TPSA) is 139 Å². The zero-order valence-electron chi connectivity index (χ0n) is 20.5. The standard InChI is InChI=1S/C27H20N8O2S/c1-14-7-17(18-8-21(16-4-5-16)31-13-23(18)37-2)19(11-29-14)25(36)35-27-34-24-26(38-27)33-22(12-32-24)20-6-3-15(9-28)10-30-20/h3,6-8,10-13,16H,4-5H2,1-2H3,(H,32,34,35,36). The highest BCUT2D eigenvalue weighted by Crippen LogP contribution is 2.42. The lowest BCUT2D eigenvalue weighted by molar-refractivity contribution is 0.102. The second kappa shape index (κ2) is 9.57. The van der Waals surface area contributed by atoms with E-state index in [0.29, 0.717) is 55.4 Å². The largest absolute Gasteiger partial charge is 0.494 e. The number of nitrogens with zero attached hydrogens (tertiary/aromatic N) is 7. The van der Waals surface area contributed by atoms with Crippen molar-refractivity contribution < 1.29 is 9.53 Å². The van der Waals surface area contributed by atoms with E-state index in [1.54, 1.807) is 37.8 Å². The first-order valence-electron chi connectivity index (χ1n) is 11.8. The van der Waals surface area contributed by atoms with E-state index in [9.17, 15) is 4.79 Å². The number of carbonyl (C=O) groups excluding carboxylic acids is 1. The van der Waals surface area contributed by atoms with Gasteiger partial charge < -0.3 is 4.74 Å². The minimum Gasteiger partial charge on any atom is -0.494 e. The number of carbonyl (C=O) groups is 1. The van der Waals surface area contributed by atoms with E-state index >= 15 is 0 Å². The molecule has 5 aromatic rings. The highest BCUT2D eigenvalue weighted by Gasteiger charge is 2.27. The van der Waals surface area contributed by atoms with Crippen molar-refractivity contribution in [2.24, 2.45) is 0 Å². The third kappa shape index (κ3) is 4.53. The van der Waals surface area contributed by atoms with E-state index in [1.807, 2.05) is 25.1 Å². The molecule has 38 heavy (non-hydrogen) atoms. The van der Waals surface area contributed by atoms with Crippen LogP contribution in [-0.4, -0.2) is 42.9 Å². The van der Waals surface area contributed by atoms with Gasteiger partial charge in [0.15, 0.2) is 15.6 Å². The third-order valence-corrected chi connectivity index (χ3v) is 7.03. The highest BCUT2D eigenvalue weighted by atomic mass is 32.1. The predicted molar refractivity (Wildman–Crippen MR) is 142 cm³/mol. The van der Waals surface area contributed by atoms with Crippen molar-refractivity contribution >= 4 is 32.9 Å². The smallest absolute Gasteiger partial charge is 0.259 e. The van der Waals surface area contributed by atoms with Gasteiger partial charge in [0.05, 0.1) is 36.3 Å². The lowest BCUT2D eigenvalue weighted by Gasteiger charge is -2.14. The second-order valence-corrected chi connectivity index (χ2v) is 9.83. The van der Waals surface area contributed by atoms with Gasteiger partial charge in [0.2, 0.25) is 0 Å². The minimum absolute atomic E-state index is 0.354. The number of aromatic nitrogens is 6. The fourth-order valence-electron chi connectivity index (χ4n) is 4.07. The van der Waals surface area contributed by atoms with Crippen LogP contribution in [0.4, 0.5) is 5.13 Å². The number of amides is 1. The Bertz CT molecular complexity index is 1740. The van der Waals surface area contributed by atoms with Crippen molar-refractivity contribution in [3.63, 3.8) is 0 Å². The van der Waals surface area contributed by atoms with Gasteiger partial charge in [0.1, 0.15) is 17.5 Å². The maximum absolute atomic E-state index is 13.5. The molecule has 0 aromatic carbocycles. The van der Waals surface area contributed by atoms with Gasteiger partial charge in [-0.2, -0.15) is 10.2 Å². The number of hydrogen-bond acceptors (Lipinski definition) is 10. The second-order valence-electron chi connectivity index (χ2n) is 8.86. The van der Waals surface area contributed by atoms with Crippen LogP contribution in [0.15, 0.2) is 49.1 Å². The summed E-state index contributed by atoms with van der Waals surface area (Å²) in [5, 5.41) is 12.2. The fourth-order valence-corrected chi connectivity index (χ4v) is 4.87. The summed E-state index contributed by atoms with van der Waals surface area (Å²) >= 11 is 1.21. The van der Waals surface area contributed by atoms with E-state index in [0.717, 1.165) is 29.8 Å². The number of pyridine rings is 3. The molecule has 0 unspecified atom stereocenters. The van der Waals surface area contributed by atoms with Gasteiger partial charge >= 0.3 is 0 Å². The van der Waals surface area contributed by atoms with Gasteiger partial charge in [0.25, 0.3) is 5.91 Å². The Balaban J connectivity index is 1.32. The number of ether oxygens (including phenoxy) is 1. The van der Waals surface area contributed by atoms with Crippen LogP contribution in [0.25, 0.3) is 33.0 Å². The zero-order valence-corrected chi connectivity index (χ0v) is 21.3. The Morgan fingerprint density at radius 2 is 1.89 bits per heavy atom. The van der Waals surface area contributed by atoms with Crippen molar-refractivity contribution in [1.29, 1.82) is 5.26 Å². The average Bonchev–Trinajstić information content (AvgIpc) is 3.72. The summed E-state index contributed by atoms with van der Waals surface area (Å²) in [6, 6.07) is 9.31. The molecule has 5 heterocycles. The number of anilines is 1. The molecule has 0 radical (unpaired) electrons. The zero-order chi connectivity index (χ0) is 26.2. The molecule has 1 N–H and O–H groups in total. The Kier molecular flexibility index (Phi) is 5.94. The summed E-state index contributed by atoms with van der Waals surface area (Å²) in [5.41, 5.74) is 5.69. The quantitative estimate of drug-likeness (QED) is 0.330. The minimum atomic E-state index is -0.354. The van der Waals surface area contributed by atoms with Crippen molar-refractivity contribution in [2.45, 2.75) is 25.7 Å². The predicted octanol–water partition coefficient (Wildman–Crippen LogP) is 4.92. The van der Waals surface area contributed by atoms with Crippen LogP contribution in [0.2, 0.25) is 0 Å². The summed E-state index contributed by atoms with van der Waals surface area (Å²) in [6.07, 6.45) is 8.56. The van der Waals surface area contributed by atoms with Crippen LogP contribution in [0.3, 0.4) is 0 Å². The molecule has 1 fully saturated rings. The molecule has 1 aliphatic rings. The van der Waals surface area contributed by atoms with Gasteiger partial charge in [0, 0.05) is 40.8 Å². The van der Waals surface area contributed by atoms with Crippen LogP contribution in [0.5, 0.6) is 5.75 Å². The Hall–Kier alpha value is -4.82. The normalized spacial score (nSPS) is 12.8. The molecule has 5 aromatic heterocycles. The monoisotopic (exact) mass is 520 g/mol. The van der Waals surface area contributed by atoms with Gasteiger partial charge in [-0.3, -0.25) is 25.1 Å². The molecular formula is C27H20N8O2S. The van der Waals surface area contributed by atoms with Crippen LogP contribution in [-0.2, 0) is 0 Å². The SMILES string of the molecule is COc1cnc(C2CC2)cc1-c1cc(C)ncc1C(=O)Nc1nc2ncc(-c3ccc(C#N)cn3)nc2s1. The highest BCUT2D eigenvalue weighted by molar-refractivity contribution is 7.21. The number of nitrogens with one attached hydrogen (secondary N) is 1. The van der Waals surface area contributed by atoms with E-state index in [1.165, 1.54) is 17.5 Å². The maximum atomic E-state index is 13.5. The molecule has 0 saturated heterocycles. The molecule has 0 spiro atoms. The lowest BCUT2D eigenvalue weighted by atomic mass is 9.98. The molecule has 6 rings (SSSR count). The van der Waals surface area contributed by atoms with Crippen LogP contribution in [0, 0.1) is 18.3 Å². The Morgan fingerprint density at radius 1 is 1.03 bits per heavy atom. The summed E-state index contributed by atoms with van der Waals surface area (Å²) in [5.74, 6) is 0.686. The first-order chi connectivity index (χ1) is 18.5. The van der Waals surface area contributed by atoms with Gasteiger partial charge in [-0.15, -0.1) is 0 Å². The molecule has 0 atom stereocenters. The Morgan fingerprint density at radius 3 is 2.63 bits per heavy atom. The van der Waals surface area contributed by atoms with Crippen molar-refractivity contribution in [1.82, 2.24) is 29.9 Å². The molecule has 1 saturated carbocycles. The average molecular weight is 521 g/mol. The first-order valence-corrected chi connectivity index (χ1v) is 12.7. The third-order valence-electron chi connectivity index (χ3n) is 6.18. The van der Waals surface area contributed by atoms with Gasteiger partial charge in [-0.25, -0.2) is 9.97 Å². The van der Waals surface area contributed by atoms with E-state index in [4.69, 9.17) is 10.00 Å². The number of hydrogen-bond donors (Lipinski definition) is 1. The lowest BCUT2D eigenvalue weighted by Crippen LogP contribution is -2.14. The molecule has 1 amide bonds. The van der Waals surface area contributed by atoms with Gasteiger partial charge in [-0.1, -0.05) is 11.3 Å². The van der Waals surface area contributed by atoms with E-state index in [2.05, 4.69) is 35.2 Å². The molecular weight excluding hydrogens is 500 g/mol. The number of aryl methyl sites for hydroxylation is 1. The number of rotatable bonds is 6.